The predicted molar refractivity (Wildman–Crippen MR) is 108 cm³/mol. The van der Waals surface area contributed by atoms with Crippen LogP contribution in [-0.4, -0.2) is 41.3 Å². The van der Waals surface area contributed by atoms with Crippen LogP contribution in [0, 0.1) is 0 Å². The van der Waals surface area contributed by atoms with Gasteiger partial charge >= 0.3 is 0 Å². The van der Waals surface area contributed by atoms with Crippen molar-refractivity contribution in [3.8, 4) is 0 Å². The van der Waals surface area contributed by atoms with E-state index in [4.69, 9.17) is 0 Å². The first-order valence-electron chi connectivity index (χ1n) is 9.40. The fraction of sp³-hybridized carbons (Fsp3) is 0.381. The fourth-order valence-electron chi connectivity index (χ4n) is 3.42. The van der Waals surface area contributed by atoms with E-state index in [1.165, 1.54) is 6.42 Å². The van der Waals surface area contributed by atoms with E-state index in [-0.39, 0.29) is 17.7 Å². The number of piperidine rings is 1. The zero-order valence-electron chi connectivity index (χ0n) is 15.7. The lowest BCUT2D eigenvalue weighted by molar-refractivity contribution is -0.117. The molecule has 2 aliphatic rings. The molecule has 1 atom stereocenters. The van der Waals surface area contributed by atoms with E-state index in [1.807, 2.05) is 31.2 Å². The van der Waals surface area contributed by atoms with Gasteiger partial charge in [0.15, 0.2) is 0 Å². The third-order valence-corrected chi connectivity index (χ3v) is 4.84. The number of hydrogen-bond donors (Lipinski definition) is 2. The Morgan fingerprint density at radius 3 is 2.89 bits per heavy atom. The molecule has 6 heteroatoms. The quantitative estimate of drug-likeness (QED) is 0.620. The molecule has 0 radical (unpaired) electrons. The number of hydrogen-bond acceptors (Lipinski definition) is 4. The standard InChI is InChI=1S/C21H26N4O2/c1-3-4-6-9-17-15(2)21(27)24-18-12-16(13-22-20(17)18)23-19(26)14-25-10-7-5-8-11-25/h3-4,6,9,12-13,17H,2,5,7-8,10-11,14H2,1H3,(H,23,26)(H,24,27)/b4-3-,9-6?. The van der Waals surface area contributed by atoms with Crippen molar-refractivity contribution in [1.82, 2.24) is 9.88 Å². The van der Waals surface area contributed by atoms with Crippen molar-refractivity contribution in [2.45, 2.75) is 32.1 Å². The van der Waals surface area contributed by atoms with Crippen molar-refractivity contribution >= 4 is 23.2 Å². The summed E-state index contributed by atoms with van der Waals surface area (Å²) in [6.45, 7) is 8.13. The van der Waals surface area contributed by atoms with E-state index < -0.39 is 0 Å². The molecule has 1 fully saturated rings. The number of rotatable bonds is 5. The van der Waals surface area contributed by atoms with Crippen LogP contribution in [0.5, 0.6) is 0 Å². The minimum Gasteiger partial charge on any atom is -0.324 e. The lowest BCUT2D eigenvalue weighted by Gasteiger charge is -2.26. The molecule has 1 unspecified atom stereocenters. The number of carbonyl (C=O) groups excluding carboxylic acids is 2. The van der Waals surface area contributed by atoms with Crippen LogP contribution in [0.25, 0.3) is 0 Å². The van der Waals surface area contributed by atoms with Gasteiger partial charge < -0.3 is 10.6 Å². The normalized spacial score (nSPS) is 20.7. The van der Waals surface area contributed by atoms with Crippen molar-refractivity contribution in [1.29, 1.82) is 0 Å². The first-order valence-corrected chi connectivity index (χ1v) is 9.40. The molecule has 0 aliphatic carbocycles. The minimum absolute atomic E-state index is 0.0604. The first kappa shape index (κ1) is 19.0. The first-order chi connectivity index (χ1) is 13.1. The highest BCUT2D eigenvalue weighted by Crippen LogP contribution is 2.35. The maximum absolute atomic E-state index is 12.3. The van der Waals surface area contributed by atoms with Gasteiger partial charge in [0.2, 0.25) is 5.91 Å². The molecule has 2 N–H and O–H groups in total. The van der Waals surface area contributed by atoms with Crippen LogP contribution in [-0.2, 0) is 9.59 Å². The molecule has 3 heterocycles. The SMILES string of the molecule is C=C1C(=O)Nc2cc(NC(=O)CN3CCCCC3)cnc2C1C=C/C=C\C. The molecule has 2 aliphatic heterocycles. The highest BCUT2D eigenvalue weighted by molar-refractivity contribution is 6.08. The Kier molecular flexibility index (Phi) is 6.19. The van der Waals surface area contributed by atoms with Crippen LogP contribution < -0.4 is 10.6 Å². The van der Waals surface area contributed by atoms with Crippen molar-refractivity contribution in [3.63, 3.8) is 0 Å². The predicted octanol–water partition coefficient (Wildman–Crippen LogP) is 3.23. The van der Waals surface area contributed by atoms with Crippen molar-refractivity contribution in [2.75, 3.05) is 30.3 Å². The van der Waals surface area contributed by atoms with Crippen LogP contribution in [0.1, 0.15) is 37.8 Å². The van der Waals surface area contributed by atoms with Gasteiger partial charge in [0.05, 0.1) is 35.7 Å². The lowest BCUT2D eigenvalue weighted by atomic mass is 9.90. The van der Waals surface area contributed by atoms with E-state index in [0.29, 0.717) is 23.5 Å². The number of amides is 2. The van der Waals surface area contributed by atoms with Gasteiger partial charge in [-0.2, -0.15) is 0 Å². The van der Waals surface area contributed by atoms with E-state index in [1.54, 1.807) is 12.3 Å². The number of nitrogens with one attached hydrogen (secondary N) is 2. The summed E-state index contributed by atoms with van der Waals surface area (Å²) < 4.78 is 0. The second kappa shape index (κ2) is 8.77. The molecule has 0 bridgehead atoms. The number of pyridine rings is 1. The van der Waals surface area contributed by atoms with Gasteiger partial charge in [0.1, 0.15) is 0 Å². The second-order valence-corrected chi connectivity index (χ2v) is 6.91. The number of carbonyl (C=O) groups is 2. The third-order valence-electron chi connectivity index (χ3n) is 4.84. The molecular formula is C21H26N4O2. The number of likely N-dealkylation sites (tertiary alicyclic amines) is 1. The van der Waals surface area contributed by atoms with Gasteiger partial charge in [-0.15, -0.1) is 0 Å². The number of fused-ring (bicyclic) bond motifs is 1. The maximum Gasteiger partial charge on any atom is 0.252 e. The number of nitrogens with zero attached hydrogens (tertiary/aromatic N) is 2. The smallest absolute Gasteiger partial charge is 0.252 e. The zero-order valence-corrected chi connectivity index (χ0v) is 15.7. The summed E-state index contributed by atoms with van der Waals surface area (Å²) >= 11 is 0. The Morgan fingerprint density at radius 1 is 1.37 bits per heavy atom. The van der Waals surface area contributed by atoms with E-state index >= 15 is 0 Å². The van der Waals surface area contributed by atoms with Gasteiger partial charge in [0.25, 0.3) is 5.91 Å². The van der Waals surface area contributed by atoms with Crippen molar-refractivity contribution in [2.24, 2.45) is 0 Å². The summed E-state index contributed by atoms with van der Waals surface area (Å²) in [5.41, 5.74) is 2.38. The molecule has 2 amide bonds. The Bertz CT molecular complexity index is 791. The molecule has 0 saturated carbocycles. The summed E-state index contributed by atoms with van der Waals surface area (Å²) in [6, 6.07) is 1.76. The van der Waals surface area contributed by atoms with Crippen LogP contribution in [0.3, 0.4) is 0 Å². The lowest BCUT2D eigenvalue weighted by Crippen LogP contribution is -2.36. The number of allylic oxidation sites excluding steroid dienone is 4. The molecular weight excluding hydrogens is 340 g/mol. The van der Waals surface area contributed by atoms with E-state index in [2.05, 4.69) is 27.1 Å². The van der Waals surface area contributed by atoms with Crippen molar-refractivity contribution in [3.05, 3.63) is 54.4 Å². The van der Waals surface area contributed by atoms with Crippen LogP contribution in [0.4, 0.5) is 11.4 Å². The summed E-state index contributed by atoms with van der Waals surface area (Å²) in [6.07, 6.45) is 12.8. The van der Waals surface area contributed by atoms with E-state index in [9.17, 15) is 9.59 Å². The van der Waals surface area contributed by atoms with Crippen LogP contribution >= 0.6 is 0 Å². The summed E-state index contributed by atoms with van der Waals surface area (Å²) in [7, 11) is 0. The molecule has 1 saturated heterocycles. The van der Waals surface area contributed by atoms with Crippen LogP contribution in [0.15, 0.2) is 48.7 Å². The summed E-state index contributed by atoms with van der Waals surface area (Å²) in [4.78, 5) is 31.2. The zero-order chi connectivity index (χ0) is 19.2. The average Bonchev–Trinajstić information content (AvgIpc) is 2.65. The molecule has 3 rings (SSSR count). The van der Waals surface area contributed by atoms with Crippen molar-refractivity contribution < 1.29 is 9.59 Å². The molecule has 0 spiro atoms. The molecule has 1 aromatic heterocycles. The Balaban J connectivity index is 1.73. The Hall–Kier alpha value is -2.73. The monoisotopic (exact) mass is 366 g/mol. The van der Waals surface area contributed by atoms with Gasteiger partial charge in [0, 0.05) is 5.57 Å². The summed E-state index contributed by atoms with van der Waals surface area (Å²) in [5.74, 6) is -0.561. The molecule has 27 heavy (non-hydrogen) atoms. The minimum atomic E-state index is -0.275. The fourth-order valence-corrected chi connectivity index (χ4v) is 3.42. The highest BCUT2D eigenvalue weighted by atomic mass is 16.2. The summed E-state index contributed by atoms with van der Waals surface area (Å²) in [5, 5.41) is 5.70. The highest BCUT2D eigenvalue weighted by Gasteiger charge is 2.28. The van der Waals surface area contributed by atoms with Gasteiger partial charge in [-0.1, -0.05) is 37.3 Å². The second-order valence-electron chi connectivity index (χ2n) is 6.91. The largest absolute Gasteiger partial charge is 0.324 e. The average molecular weight is 366 g/mol. The molecule has 0 aromatic carbocycles. The van der Waals surface area contributed by atoms with Crippen LogP contribution in [0.2, 0.25) is 0 Å². The molecule has 1 aromatic rings. The number of anilines is 2. The topological polar surface area (TPSA) is 74.3 Å². The van der Waals surface area contributed by atoms with Gasteiger partial charge in [-0.05, 0) is 38.9 Å². The third kappa shape index (κ3) is 4.71. The van der Waals surface area contributed by atoms with E-state index in [0.717, 1.165) is 31.6 Å². The Labute approximate surface area is 160 Å². The number of aromatic nitrogens is 1. The molecule has 6 nitrogen and oxygen atoms in total. The van der Waals surface area contributed by atoms with Gasteiger partial charge in [-0.25, -0.2) is 0 Å². The molecule has 142 valence electrons. The Morgan fingerprint density at radius 2 is 2.15 bits per heavy atom. The van der Waals surface area contributed by atoms with Gasteiger partial charge in [-0.3, -0.25) is 19.5 Å². The maximum atomic E-state index is 12.3.